The van der Waals surface area contributed by atoms with Crippen LogP contribution in [-0.4, -0.2) is 79.0 Å². The Morgan fingerprint density at radius 3 is 2.59 bits per heavy atom. The molecule has 3 N–H and O–H groups in total. The van der Waals surface area contributed by atoms with Gasteiger partial charge in [-0.25, -0.2) is 9.78 Å². The van der Waals surface area contributed by atoms with E-state index >= 15 is 0 Å². The predicted octanol–water partition coefficient (Wildman–Crippen LogP) is 5.18. The molecule has 0 bridgehead atoms. The van der Waals surface area contributed by atoms with E-state index in [1.54, 1.807) is 23.0 Å². The van der Waals surface area contributed by atoms with Crippen molar-refractivity contribution in [1.29, 1.82) is 0 Å². The third-order valence-corrected chi connectivity index (χ3v) is 10.5. The van der Waals surface area contributed by atoms with Crippen LogP contribution in [0.3, 0.4) is 0 Å². The fourth-order valence-corrected chi connectivity index (χ4v) is 7.52. The molecular weight excluding hydrogens is 643 g/mol. The van der Waals surface area contributed by atoms with Crippen LogP contribution in [0.5, 0.6) is 5.75 Å². The smallest absolute Gasteiger partial charge is 0.330 e. The van der Waals surface area contributed by atoms with E-state index in [0.717, 1.165) is 36.9 Å². The molecule has 4 aromatic rings. The molecule has 5 atom stereocenters. The molecule has 2 aliphatic heterocycles. The van der Waals surface area contributed by atoms with Gasteiger partial charge in [-0.1, -0.05) is 43.2 Å². The SMILES string of the molecule is COc1ccc(-c2nn(C3CC4C(=O)NC5(C(=O)O)CC5C=CCCCCCC(Nc5ccccc5)C(=O)N4C3)nc2-c2nccs2)cc1. The van der Waals surface area contributed by atoms with Gasteiger partial charge in [0.2, 0.25) is 11.8 Å². The Morgan fingerprint density at radius 1 is 1.06 bits per heavy atom. The second-order valence-electron chi connectivity index (χ2n) is 12.9. The molecule has 5 unspecified atom stereocenters. The van der Waals surface area contributed by atoms with E-state index in [1.807, 2.05) is 72.1 Å². The van der Waals surface area contributed by atoms with Crippen molar-refractivity contribution < 1.29 is 24.2 Å². The molecule has 2 amide bonds. The Hall–Kier alpha value is -5.04. The number of carboxylic acid groups (broad SMARTS) is 1. The molecule has 1 saturated carbocycles. The maximum atomic E-state index is 14.5. The number of hydrogen-bond acceptors (Lipinski definition) is 9. The Bertz CT molecular complexity index is 1830. The first-order chi connectivity index (χ1) is 23.9. The Kier molecular flexibility index (Phi) is 9.17. The van der Waals surface area contributed by atoms with E-state index in [4.69, 9.17) is 14.9 Å². The van der Waals surface area contributed by atoms with Crippen molar-refractivity contribution in [2.75, 3.05) is 19.0 Å². The molecule has 4 heterocycles. The van der Waals surface area contributed by atoms with E-state index in [9.17, 15) is 19.5 Å². The van der Waals surface area contributed by atoms with Crippen LogP contribution in [0.4, 0.5) is 5.69 Å². The normalized spacial score (nSPS) is 25.8. The van der Waals surface area contributed by atoms with E-state index in [1.165, 1.54) is 11.3 Å². The molecule has 49 heavy (non-hydrogen) atoms. The van der Waals surface area contributed by atoms with Gasteiger partial charge in [-0.15, -0.1) is 16.4 Å². The van der Waals surface area contributed by atoms with Crippen LogP contribution in [0.1, 0.15) is 51.0 Å². The van der Waals surface area contributed by atoms with Crippen LogP contribution < -0.4 is 15.4 Å². The van der Waals surface area contributed by atoms with Crippen LogP contribution >= 0.6 is 11.3 Å². The minimum absolute atomic E-state index is 0.182. The summed E-state index contributed by atoms with van der Waals surface area (Å²) in [5, 5.41) is 28.9. The number of carbonyl (C=O) groups is 3. The Morgan fingerprint density at radius 2 is 1.86 bits per heavy atom. The highest BCUT2D eigenvalue weighted by atomic mass is 32.1. The predicted molar refractivity (Wildman–Crippen MR) is 185 cm³/mol. The molecule has 254 valence electrons. The maximum absolute atomic E-state index is 14.5. The van der Waals surface area contributed by atoms with E-state index in [2.05, 4.69) is 15.6 Å². The number of hydrogen-bond donors (Lipinski definition) is 3. The van der Waals surface area contributed by atoms with Gasteiger partial charge < -0.3 is 25.4 Å². The summed E-state index contributed by atoms with van der Waals surface area (Å²) in [7, 11) is 1.61. The highest BCUT2D eigenvalue weighted by Crippen LogP contribution is 2.46. The lowest BCUT2D eigenvalue weighted by atomic mass is 10.0. The standard InChI is InChI=1S/C36H39N7O5S/c1-48-27-16-14-23(15-17-27)30-31(33-37-18-19-49-33)41-43(40-30)26-20-29-32(44)39-36(35(46)47)21-24(36)10-6-3-2-4-9-13-28(34(45)42(29)22-26)38-25-11-7-5-8-12-25/h5-8,10-12,14-19,24,26,28-29,38H,2-4,9,13,20-22H2,1H3,(H,39,44)(H,46,47). The van der Waals surface area contributed by atoms with Crippen molar-refractivity contribution in [2.24, 2.45) is 5.92 Å². The van der Waals surface area contributed by atoms with Crippen LogP contribution in [0.25, 0.3) is 22.0 Å². The van der Waals surface area contributed by atoms with Gasteiger partial charge in [-0.05, 0) is 62.1 Å². The number of methoxy groups -OCH3 is 1. The van der Waals surface area contributed by atoms with Crippen molar-refractivity contribution in [3.63, 3.8) is 0 Å². The summed E-state index contributed by atoms with van der Waals surface area (Å²) in [6, 6.07) is 15.2. The summed E-state index contributed by atoms with van der Waals surface area (Å²) in [6.45, 7) is 0.182. The zero-order chi connectivity index (χ0) is 34.0. The quantitative estimate of drug-likeness (QED) is 0.224. The summed E-state index contributed by atoms with van der Waals surface area (Å²) in [5.74, 6) is -1.34. The molecule has 12 nitrogen and oxygen atoms in total. The number of nitrogens with one attached hydrogen (secondary N) is 2. The average molecular weight is 682 g/mol. The van der Waals surface area contributed by atoms with Crippen LogP contribution in [-0.2, 0) is 14.4 Å². The largest absolute Gasteiger partial charge is 0.497 e. The second-order valence-corrected chi connectivity index (χ2v) is 13.8. The average Bonchev–Trinajstić information content (AvgIpc) is 3.57. The number of benzene rings is 2. The lowest BCUT2D eigenvalue weighted by molar-refractivity contribution is -0.145. The molecule has 13 heteroatoms. The number of carbonyl (C=O) groups excluding carboxylic acids is 2. The molecule has 7 rings (SSSR count). The minimum Gasteiger partial charge on any atom is -0.497 e. The molecule has 1 saturated heterocycles. The summed E-state index contributed by atoms with van der Waals surface area (Å²) in [5.41, 5.74) is 1.48. The molecule has 1 aliphatic carbocycles. The molecule has 0 radical (unpaired) electrons. The fraction of sp³-hybridized carbons (Fsp3) is 0.389. The van der Waals surface area contributed by atoms with Gasteiger partial charge in [0.1, 0.15) is 39.8 Å². The number of thiazole rings is 1. The number of fused-ring (bicyclic) bond motifs is 2. The number of aliphatic carboxylic acids is 1. The Labute approximate surface area is 288 Å². The van der Waals surface area contributed by atoms with Gasteiger partial charge in [0, 0.05) is 41.7 Å². The van der Waals surface area contributed by atoms with Gasteiger partial charge in [0.05, 0.1) is 13.2 Å². The monoisotopic (exact) mass is 681 g/mol. The third kappa shape index (κ3) is 6.67. The second kappa shape index (κ2) is 13.8. The van der Waals surface area contributed by atoms with Crippen molar-refractivity contribution in [1.82, 2.24) is 30.2 Å². The molecule has 2 aromatic carbocycles. The lowest BCUT2D eigenvalue weighted by Gasteiger charge is -2.30. The number of amides is 2. The lowest BCUT2D eigenvalue weighted by Crippen LogP contribution is -2.55. The van der Waals surface area contributed by atoms with Crippen molar-refractivity contribution in [3.8, 4) is 27.7 Å². The van der Waals surface area contributed by atoms with E-state index in [-0.39, 0.29) is 24.8 Å². The summed E-state index contributed by atoms with van der Waals surface area (Å²) >= 11 is 1.45. The maximum Gasteiger partial charge on any atom is 0.330 e. The van der Waals surface area contributed by atoms with Gasteiger partial charge in [0.15, 0.2) is 0 Å². The number of ether oxygens (including phenoxy) is 1. The summed E-state index contributed by atoms with van der Waals surface area (Å²) in [6.07, 6.45) is 10.3. The molecule has 2 fully saturated rings. The first-order valence-electron chi connectivity index (χ1n) is 16.7. The molecule has 0 spiro atoms. The van der Waals surface area contributed by atoms with Crippen molar-refractivity contribution >= 4 is 34.8 Å². The van der Waals surface area contributed by atoms with Gasteiger partial charge in [0.25, 0.3) is 0 Å². The number of anilines is 1. The topological polar surface area (TPSA) is 152 Å². The fourth-order valence-electron chi connectivity index (χ4n) is 6.89. The van der Waals surface area contributed by atoms with Crippen LogP contribution in [0.2, 0.25) is 0 Å². The first kappa shape index (κ1) is 32.5. The number of rotatable bonds is 7. The zero-order valence-electron chi connectivity index (χ0n) is 27.2. The minimum atomic E-state index is -1.38. The third-order valence-electron chi connectivity index (χ3n) is 9.71. The zero-order valence-corrected chi connectivity index (χ0v) is 28.0. The number of allylic oxidation sites excluding steroid dienone is 1. The highest BCUT2D eigenvalue weighted by molar-refractivity contribution is 7.13. The van der Waals surface area contributed by atoms with Crippen LogP contribution in [0, 0.1) is 5.92 Å². The summed E-state index contributed by atoms with van der Waals surface area (Å²) < 4.78 is 5.35. The molecule has 2 aromatic heterocycles. The van der Waals surface area contributed by atoms with Crippen LogP contribution in [0.15, 0.2) is 78.3 Å². The van der Waals surface area contributed by atoms with Crippen molar-refractivity contribution in [3.05, 3.63) is 78.3 Å². The number of aromatic nitrogens is 4. The number of para-hydroxylation sites is 1. The van der Waals surface area contributed by atoms with E-state index in [0.29, 0.717) is 35.0 Å². The molecule has 3 aliphatic rings. The van der Waals surface area contributed by atoms with Gasteiger partial charge in [-0.3, -0.25) is 9.59 Å². The Balaban J connectivity index is 1.24. The van der Waals surface area contributed by atoms with E-state index < -0.39 is 35.5 Å². The molecular formula is C36H39N7O5S. The summed E-state index contributed by atoms with van der Waals surface area (Å²) in [4.78, 5) is 48.8. The first-order valence-corrected chi connectivity index (χ1v) is 17.6. The number of carboxylic acids is 1. The highest BCUT2D eigenvalue weighted by Gasteiger charge is 2.61. The van der Waals surface area contributed by atoms with Crippen molar-refractivity contribution in [2.45, 2.75) is 68.6 Å². The van der Waals surface area contributed by atoms with Gasteiger partial charge >= 0.3 is 5.97 Å². The van der Waals surface area contributed by atoms with Gasteiger partial charge in [-0.2, -0.15) is 9.90 Å². The number of nitrogens with zero attached hydrogens (tertiary/aromatic N) is 5.